The molecule has 0 aliphatic carbocycles. The molecule has 0 spiro atoms. The molecule has 0 aromatic rings. The number of carbonyl (C=O) groups is 2. The standard InChI is InChI=1S/C14H26N2O3/c1-5-6-14(7-9-15-10-8-14)11(17)16(4)13(2,3)12(18)19/h15H,5-10H2,1-4H3,(H,18,19). The molecule has 0 unspecified atom stereocenters. The molecular weight excluding hydrogens is 244 g/mol. The average Bonchev–Trinajstić information content (AvgIpc) is 2.38. The van der Waals surface area contributed by atoms with E-state index in [1.165, 1.54) is 4.90 Å². The third-order valence-electron chi connectivity index (χ3n) is 4.41. The highest BCUT2D eigenvalue weighted by atomic mass is 16.4. The zero-order chi connectivity index (χ0) is 14.7. The van der Waals surface area contributed by atoms with Crippen LogP contribution in [0.3, 0.4) is 0 Å². The second-order valence-electron chi connectivity index (χ2n) is 6.01. The summed E-state index contributed by atoms with van der Waals surface area (Å²) in [5.41, 5.74) is -1.55. The summed E-state index contributed by atoms with van der Waals surface area (Å²) in [6, 6.07) is 0. The topological polar surface area (TPSA) is 69.6 Å². The Morgan fingerprint density at radius 2 is 1.84 bits per heavy atom. The first-order chi connectivity index (χ1) is 8.78. The Bertz CT molecular complexity index is 341. The van der Waals surface area contributed by atoms with Gasteiger partial charge in [0.25, 0.3) is 0 Å². The predicted molar refractivity (Wildman–Crippen MR) is 73.9 cm³/mol. The number of nitrogens with zero attached hydrogens (tertiary/aromatic N) is 1. The summed E-state index contributed by atoms with van der Waals surface area (Å²) in [4.78, 5) is 25.5. The van der Waals surface area contributed by atoms with Gasteiger partial charge in [-0.2, -0.15) is 0 Å². The van der Waals surface area contributed by atoms with Crippen LogP contribution in [0.5, 0.6) is 0 Å². The van der Waals surface area contributed by atoms with Crippen LogP contribution in [0.25, 0.3) is 0 Å². The average molecular weight is 270 g/mol. The molecule has 0 bridgehead atoms. The van der Waals surface area contributed by atoms with Crippen molar-refractivity contribution in [1.29, 1.82) is 0 Å². The van der Waals surface area contributed by atoms with Crippen LogP contribution in [0.1, 0.15) is 46.5 Å². The predicted octanol–water partition coefficient (Wildman–Crippen LogP) is 1.48. The van der Waals surface area contributed by atoms with Gasteiger partial charge in [-0.1, -0.05) is 13.3 Å². The number of nitrogens with one attached hydrogen (secondary N) is 1. The first-order valence-electron chi connectivity index (χ1n) is 7.00. The van der Waals surface area contributed by atoms with E-state index in [1.807, 2.05) is 0 Å². The highest BCUT2D eigenvalue weighted by Crippen LogP contribution is 2.37. The molecule has 0 radical (unpaired) electrons. The zero-order valence-electron chi connectivity index (χ0n) is 12.5. The van der Waals surface area contributed by atoms with Gasteiger partial charge in [-0.15, -0.1) is 0 Å². The highest BCUT2D eigenvalue weighted by Gasteiger charge is 2.45. The Labute approximate surface area is 115 Å². The number of hydrogen-bond acceptors (Lipinski definition) is 3. The quantitative estimate of drug-likeness (QED) is 0.794. The number of carboxylic acids is 1. The van der Waals surface area contributed by atoms with Crippen molar-refractivity contribution in [3.05, 3.63) is 0 Å². The summed E-state index contributed by atoms with van der Waals surface area (Å²) in [5, 5.41) is 12.5. The lowest BCUT2D eigenvalue weighted by atomic mass is 9.73. The first-order valence-corrected chi connectivity index (χ1v) is 7.00. The molecule has 1 aliphatic heterocycles. The lowest BCUT2D eigenvalue weighted by Gasteiger charge is -2.42. The van der Waals surface area contributed by atoms with Crippen LogP contribution < -0.4 is 5.32 Å². The molecule has 1 fully saturated rings. The Kier molecular flexibility index (Phi) is 4.96. The number of rotatable bonds is 5. The number of hydrogen-bond donors (Lipinski definition) is 2. The maximum atomic E-state index is 12.8. The molecule has 0 atom stereocenters. The van der Waals surface area contributed by atoms with Crippen molar-refractivity contribution < 1.29 is 14.7 Å². The summed E-state index contributed by atoms with van der Waals surface area (Å²) in [6.45, 7) is 6.88. The maximum Gasteiger partial charge on any atom is 0.329 e. The minimum Gasteiger partial charge on any atom is -0.480 e. The van der Waals surface area contributed by atoms with E-state index in [4.69, 9.17) is 0 Å². The minimum atomic E-state index is -1.16. The van der Waals surface area contributed by atoms with Crippen LogP contribution >= 0.6 is 0 Å². The molecular formula is C14H26N2O3. The van der Waals surface area contributed by atoms with Crippen LogP contribution in [-0.2, 0) is 9.59 Å². The number of carbonyl (C=O) groups excluding carboxylic acids is 1. The van der Waals surface area contributed by atoms with Crippen LogP contribution in [0.2, 0.25) is 0 Å². The number of likely N-dealkylation sites (N-methyl/N-ethyl adjacent to an activating group) is 1. The van der Waals surface area contributed by atoms with Crippen molar-refractivity contribution in [2.75, 3.05) is 20.1 Å². The van der Waals surface area contributed by atoms with Crippen molar-refractivity contribution in [2.24, 2.45) is 5.41 Å². The van der Waals surface area contributed by atoms with E-state index in [0.29, 0.717) is 0 Å². The molecule has 1 amide bonds. The largest absolute Gasteiger partial charge is 0.480 e. The molecule has 5 heteroatoms. The van der Waals surface area contributed by atoms with Crippen LogP contribution in [0.4, 0.5) is 0 Å². The van der Waals surface area contributed by atoms with Crippen LogP contribution in [0.15, 0.2) is 0 Å². The third kappa shape index (κ3) is 3.08. The van der Waals surface area contributed by atoms with E-state index in [9.17, 15) is 14.7 Å². The first kappa shape index (κ1) is 16.0. The fourth-order valence-corrected chi connectivity index (χ4v) is 2.71. The van der Waals surface area contributed by atoms with Crippen molar-refractivity contribution in [1.82, 2.24) is 10.2 Å². The summed E-state index contributed by atoms with van der Waals surface area (Å²) in [6.07, 6.45) is 3.35. The number of carboxylic acid groups (broad SMARTS) is 1. The van der Waals surface area contributed by atoms with Gasteiger partial charge in [-0.25, -0.2) is 4.79 Å². The molecule has 1 saturated heterocycles. The van der Waals surface area contributed by atoms with Crippen molar-refractivity contribution in [2.45, 2.75) is 52.0 Å². The zero-order valence-corrected chi connectivity index (χ0v) is 12.5. The molecule has 0 aromatic heterocycles. The molecule has 2 N–H and O–H groups in total. The molecule has 1 aliphatic rings. The molecule has 19 heavy (non-hydrogen) atoms. The fourth-order valence-electron chi connectivity index (χ4n) is 2.71. The SMILES string of the molecule is CCCC1(C(=O)N(C)C(C)(C)C(=O)O)CCNCC1. The van der Waals surface area contributed by atoms with Crippen molar-refractivity contribution in [3.63, 3.8) is 0 Å². The summed E-state index contributed by atoms with van der Waals surface area (Å²) in [5.74, 6) is -0.993. The van der Waals surface area contributed by atoms with Gasteiger partial charge in [0.2, 0.25) is 5.91 Å². The van der Waals surface area contributed by atoms with Gasteiger partial charge >= 0.3 is 5.97 Å². The van der Waals surface area contributed by atoms with Gasteiger partial charge in [0, 0.05) is 7.05 Å². The normalized spacial score (nSPS) is 18.9. The molecule has 0 aromatic carbocycles. The van der Waals surface area contributed by atoms with E-state index in [-0.39, 0.29) is 11.3 Å². The minimum absolute atomic E-state index is 0.0248. The monoisotopic (exact) mass is 270 g/mol. The van der Waals surface area contributed by atoms with E-state index in [0.717, 1.165) is 38.8 Å². The van der Waals surface area contributed by atoms with Gasteiger partial charge in [0.1, 0.15) is 5.54 Å². The fraction of sp³-hybridized carbons (Fsp3) is 0.857. The van der Waals surface area contributed by atoms with Gasteiger partial charge in [-0.3, -0.25) is 4.79 Å². The van der Waals surface area contributed by atoms with Gasteiger partial charge < -0.3 is 15.3 Å². The van der Waals surface area contributed by atoms with E-state index in [1.54, 1.807) is 20.9 Å². The van der Waals surface area contributed by atoms with E-state index >= 15 is 0 Å². The lowest BCUT2D eigenvalue weighted by molar-refractivity contribution is -0.161. The Morgan fingerprint density at radius 3 is 2.26 bits per heavy atom. The third-order valence-corrected chi connectivity index (χ3v) is 4.41. The van der Waals surface area contributed by atoms with Gasteiger partial charge in [0.15, 0.2) is 0 Å². The highest BCUT2D eigenvalue weighted by molar-refractivity contribution is 5.89. The number of aliphatic carboxylic acids is 1. The number of amides is 1. The number of piperidine rings is 1. The second kappa shape index (κ2) is 5.90. The molecule has 5 nitrogen and oxygen atoms in total. The van der Waals surface area contributed by atoms with Gasteiger partial charge in [-0.05, 0) is 46.2 Å². The Hall–Kier alpha value is -1.10. The Morgan fingerprint density at radius 1 is 1.32 bits per heavy atom. The summed E-state index contributed by atoms with van der Waals surface area (Å²) in [7, 11) is 1.61. The van der Waals surface area contributed by atoms with E-state index in [2.05, 4.69) is 12.2 Å². The summed E-state index contributed by atoms with van der Waals surface area (Å²) < 4.78 is 0. The molecule has 0 saturated carbocycles. The van der Waals surface area contributed by atoms with Gasteiger partial charge in [0.05, 0.1) is 5.41 Å². The van der Waals surface area contributed by atoms with Crippen molar-refractivity contribution in [3.8, 4) is 0 Å². The lowest BCUT2D eigenvalue weighted by Crippen LogP contribution is -2.57. The molecule has 1 heterocycles. The molecule has 1 rings (SSSR count). The molecule has 110 valence electrons. The maximum absolute atomic E-state index is 12.8. The van der Waals surface area contributed by atoms with Crippen LogP contribution in [-0.4, -0.2) is 47.6 Å². The van der Waals surface area contributed by atoms with Crippen LogP contribution in [0, 0.1) is 5.41 Å². The van der Waals surface area contributed by atoms with Crippen molar-refractivity contribution >= 4 is 11.9 Å². The smallest absolute Gasteiger partial charge is 0.329 e. The van der Waals surface area contributed by atoms with E-state index < -0.39 is 11.5 Å². The second-order valence-corrected chi connectivity index (χ2v) is 6.01. The summed E-state index contributed by atoms with van der Waals surface area (Å²) >= 11 is 0. The Balaban J connectivity index is 2.97.